The highest BCUT2D eigenvalue weighted by atomic mass is 16.1. The molecule has 0 aromatic heterocycles. The maximum Gasteiger partial charge on any atom is 0.142 e. The molecule has 0 heterocycles. The maximum absolute atomic E-state index is 9.58. The standard InChI is InChI=1S/C5H6O/c6-4-3-5-1-2-5/h3-4H,1-2H2. The largest absolute Gasteiger partial charge is 0.299 e. The average Bonchev–Trinajstić information content (AvgIpc) is 2.21. The first kappa shape index (κ1) is 3.59. The second-order valence-corrected chi connectivity index (χ2v) is 1.46. The van der Waals surface area contributed by atoms with Gasteiger partial charge >= 0.3 is 0 Å². The van der Waals surface area contributed by atoms with Crippen molar-refractivity contribution >= 4 is 6.29 Å². The zero-order chi connectivity index (χ0) is 4.41. The smallest absolute Gasteiger partial charge is 0.142 e. The molecule has 0 aromatic rings. The quantitative estimate of drug-likeness (QED) is 0.339. The molecular weight excluding hydrogens is 76.1 g/mol. The molecule has 0 bridgehead atoms. The second kappa shape index (κ2) is 1.25. The Labute approximate surface area is 36.7 Å². The predicted octanol–water partition coefficient (Wildman–Crippen LogP) is 0.905. The third kappa shape index (κ3) is 0.677. The van der Waals surface area contributed by atoms with Gasteiger partial charge in [-0.15, -0.1) is 0 Å². The maximum atomic E-state index is 9.58. The van der Waals surface area contributed by atoms with Crippen molar-refractivity contribution in [2.75, 3.05) is 0 Å². The van der Waals surface area contributed by atoms with Gasteiger partial charge in [0.2, 0.25) is 0 Å². The van der Waals surface area contributed by atoms with Crippen molar-refractivity contribution in [1.82, 2.24) is 0 Å². The van der Waals surface area contributed by atoms with Crippen molar-refractivity contribution in [3.05, 3.63) is 11.6 Å². The molecule has 1 nitrogen and oxygen atoms in total. The van der Waals surface area contributed by atoms with Crippen LogP contribution < -0.4 is 0 Å². The van der Waals surface area contributed by atoms with Crippen molar-refractivity contribution in [2.45, 2.75) is 12.8 Å². The molecule has 1 fully saturated rings. The summed E-state index contributed by atoms with van der Waals surface area (Å²) in [5.74, 6) is 0. The van der Waals surface area contributed by atoms with E-state index in [-0.39, 0.29) is 0 Å². The summed E-state index contributed by atoms with van der Waals surface area (Å²) in [6.07, 6.45) is 4.79. The number of allylic oxidation sites excluding steroid dienone is 2. The summed E-state index contributed by atoms with van der Waals surface area (Å²) in [5, 5.41) is 0. The van der Waals surface area contributed by atoms with Gasteiger partial charge in [0.15, 0.2) is 0 Å². The molecule has 0 unspecified atom stereocenters. The van der Waals surface area contributed by atoms with Gasteiger partial charge in [-0.1, -0.05) is 5.57 Å². The fourth-order valence-corrected chi connectivity index (χ4v) is 0.335. The molecule has 1 heteroatoms. The summed E-state index contributed by atoms with van der Waals surface area (Å²) >= 11 is 0. The molecule has 0 spiro atoms. The van der Waals surface area contributed by atoms with E-state index >= 15 is 0 Å². The average molecular weight is 82.1 g/mol. The highest BCUT2D eigenvalue weighted by Crippen LogP contribution is 2.26. The first-order valence-corrected chi connectivity index (χ1v) is 2.06. The van der Waals surface area contributed by atoms with Crippen LogP contribution in [-0.4, -0.2) is 6.29 Å². The van der Waals surface area contributed by atoms with E-state index in [0.717, 1.165) is 19.1 Å². The predicted molar refractivity (Wildman–Crippen MR) is 23.4 cm³/mol. The van der Waals surface area contributed by atoms with Gasteiger partial charge in [-0.2, -0.15) is 0 Å². The summed E-state index contributed by atoms with van der Waals surface area (Å²) in [7, 11) is 0. The number of carbonyl (C=O) groups excluding carboxylic acids is 1. The van der Waals surface area contributed by atoms with Crippen LogP contribution in [0.3, 0.4) is 0 Å². The van der Waals surface area contributed by atoms with Crippen molar-refractivity contribution in [3.8, 4) is 0 Å². The Morgan fingerprint density at radius 2 is 2.17 bits per heavy atom. The van der Waals surface area contributed by atoms with Gasteiger partial charge in [0.05, 0.1) is 0 Å². The fraction of sp³-hybridized carbons (Fsp3) is 0.400. The molecule has 0 saturated heterocycles. The van der Waals surface area contributed by atoms with Crippen LogP contribution in [0, 0.1) is 0 Å². The Kier molecular flexibility index (Phi) is 0.748. The molecule has 1 aliphatic carbocycles. The fourth-order valence-electron chi connectivity index (χ4n) is 0.335. The lowest BCUT2D eigenvalue weighted by molar-refractivity contribution is -0.104. The third-order valence-corrected chi connectivity index (χ3v) is 0.842. The molecule has 1 aliphatic rings. The van der Waals surface area contributed by atoms with Crippen LogP contribution in [0.5, 0.6) is 0 Å². The molecule has 0 aliphatic heterocycles. The lowest BCUT2D eigenvalue weighted by Gasteiger charge is -1.54. The lowest BCUT2D eigenvalue weighted by atomic mass is 10.5. The summed E-state index contributed by atoms with van der Waals surface area (Å²) in [5.41, 5.74) is 1.30. The number of aldehydes is 1. The normalized spacial score (nSPS) is 17.0. The number of rotatable bonds is 1. The summed E-state index contributed by atoms with van der Waals surface area (Å²) < 4.78 is 0. The second-order valence-electron chi connectivity index (χ2n) is 1.46. The summed E-state index contributed by atoms with van der Waals surface area (Å²) in [6, 6.07) is 0. The molecule has 0 N–H and O–H groups in total. The topological polar surface area (TPSA) is 17.1 Å². The summed E-state index contributed by atoms with van der Waals surface area (Å²) in [6.45, 7) is 0. The Morgan fingerprint density at radius 3 is 2.33 bits per heavy atom. The number of hydrogen-bond donors (Lipinski definition) is 0. The monoisotopic (exact) mass is 82.0 g/mol. The van der Waals surface area contributed by atoms with E-state index in [1.54, 1.807) is 6.08 Å². The van der Waals surface area contributed by atoms with E-state index in [4.69, 9.17) is 0 Å². The van der Waals surface area contributed by atoms with Crippen LogP contribution in [0.2, 0.25) is 0 Å². The minimum Gasteiger partial charge on any atom is -0.299 e. The zero-order valence-corrected chi connectivity index (χ0v) is 3.48. The Morgan fingerprint density at radius 1 is 1.50 bits per heavy atom. The van der Waals surface area contributed by atoms with Crippen LogP contribution in [-0.2, 0) is 4.79 Å². The minimum absolute atomic E-state index is 0.850. The van der Waals surface area contributed by atoms with E-state index in [1.165, 1.54) is 5.57 Å². The number of hydrogen-bond acceptors (Lipinski definition) is 1. The van der Waals surface area contributed by atoms with Gasteiger partial charge in [-0.25, -0.2) is 0 Å². The molecule has 0 aromatic carbocycles. The molecule has 1 saturated carbocycles. The molecule has 6 heavy (non-hydrogen) atoms. The lowest BCUT2D eigenvalue weighted by Crippen LogP contribution is -1.52. The van der Waals surface area contributed by atoms with Crippen molar-refractivity contribution < 1.29 is 4.79 Å². The van der Waals surface area contributed by atoms with Crippen molar-refractivity contribution in [2.24, 2.45) is 0 Å². The Balaban J connectivity index is 2.42. The van der Waals surface area contributed by atoms with Gasteiger partial charge in [-0.05, 0) is 18.9 Å². The first-order chi connectivity index (χ1) is 2.93. The third-order valence-electron chi connectivity index (χ3n) is 0.842. The minimum atomic E-state index is 0.850. The first-order valence-electron chi connectivity index (χ1n) is 2.06. The van der Waals surface area contributed by atoms with Gasteiger partial charge in [0.1, 0.15) is 6.29 Å². The van der Waals surface area contributed by atoms with Crippen LogP contribution in [0.15, 0.2) is 11.6 Å². The van der Waals surface area contributed by atoms with Crippen molar-refractivity contribution in [1.29, 1.82) is 0 Å². The SMILES string of the molecule is O=CC=C1CC1. The molecule has 0 atom stereocenters. The van der Waals surface area contributed by atoms with Gasteiger partial charge in [0.25, 0.3) is 0 Å². The van der Waals surface area contributed by atoms with Crippen LogP contribution >= 0.6 is 0 Å². The Bertz CT molecular complexity index is 86.1. The van der Waals surface area contributed by atoms with Gasteiger partial charge in [-0.3, -0.25) is 4.79 Å². The molecule has 1 rings (SSSR count). The van der Waals surface area contributed by atoms with Crippen LogP contribution in [0.25, 0.3) is 0 Å². The van der Waals surface area contributed by atoms with Gasteiger partial charge in [0, 0.05) is 0 Å². The van der Waals surface area contributed by atoms with E-state index < -0.39 is 0 Å². The zero-order valence-electron chi connectivity index (χ0n) is 3.48. The van der Waals surface area contributed by atoms with E-state index in [9.17, 15) is 4.79 Å². The van der Waals surface area contributed by atoms with Crippen molar-refractivity contribution in [3.63, 3.8) is 0 Å². The van der Waals surface area contributed by atoms with Crippen LogP contribution in [0.1, 0.15) is 12.8 Å². The molecular formula is C5H6O. The van der Waals surface area contributed by atoms with E-state index in [2.05, 4.69) is 0 Å². The van der Waals surface area contributed by atoms with E-state index in [0.29, 0.717) is 0 Å². The highest BCUT2D eigenvalue weighted by molar-refractivity contribution is 5.67. The Hall–Kier alpha value is -0.590. The van der Waals surface area contributed by atoms with Gasteiger partial charge < -0.3 is 0 Å². The van der Waals surface area contributed by atoms with Crippen LogP contribution in [0.4, 0.5) is 0 Å². The highest BCUT2D eigenvalue weighted by Gasteiger charge is 2.08. The molecule has 32 valence electrons. The molecule has 0 amide bonds. The van der Waals surface area contributed by atoms with E-state index in [1.807, 2.05) is 0 Å². The number of carbonyl (C=O) groups is 1. The summed E-state index contributed by atoms with van der Waals surface area (Å²) in [4.78, 5) is 9.58. The molecule has 0 radical (unpaired) electrons.